The third kappa shape index (κ3) is 5.36. The van der Waals surface area contributed by atoms with E-state index in [0.717, 1.165) is 12.3 Å². The molecule has 0 radical (unpaired) electrons. The van der Waals surface area contributed by atoms with Crippen molar-refractivity contribution in [1.29, 1.82) is 0 Å². The van der Waals surface area contributed by atoms with Crippen molar-refractivity contribution in [3.05, 3.63) is 29.8 Å². The smallest absolute Gasteiger partial charge is 0.320 e. The summed E-state index contributed by atoms with van der Waals surface area (Å²) in [6, 6.07) is 7.94. The van der Waals surface area contributed by atoms with Crippen LogP contribution in [0.5, 0.6) is 5.75 Å². The van der Waals surface area contributed by atoms with Crippen LogP contribution in [0.25, 0.3) is 0 Å². The van der Waals surface area contributed by atoms with Gasteiger partial charge in [-0.3, -0.25) is 9.69 Å². The van der Waals surface area contributed by atoms with E-state index in [4.69, 9.17) is 14.2 Å². The Morgan fingerprint density at radius 3 is 2.86 bits per heavy atom. The van der Waals surface area contributed by atoms with Crippen LogP contribution in [0.15, 0.2) is 24.3 Å². The quantitative estimate of drug-likeness (QED) is 0.746. The first kappa shape index (κ1) is 15.8. The Kier molecular flexibility index (Phi) is 6.02. The number of hydrogen-bond donors (Lipinski definition) is 0. The molecule has 1 aromatic rings. The lowest BCUT2D eigenvalue weighted by molar-refractivity contribution is -0.146. The molecule has 1 aliphatic heterocycles. The molecule has 2 rings (SSSR count). The van der Waals surface area contributed by atoms with E-state index in [1.165, 1.54) is 5.56 Å². The molecular weight excluding hydrogens is 270 g/mol. The van der Waals surface area contributed by atoms with Gasteiger partial charge in [-0.25, -0.2) is 0 Å². The second kappa shape index (κ2) is 8.00. The van der Waals surface area contributed by atoms with Crippen LogP contribution in [0, 0.1) is 6.92 Å². The highest BCUT2D eigenvalue weighted by molar-refractivity contribution is 5.71. The standard InChI is InChI=1S/C16H23NO4/c1-3-19-16(18)11-17-8-9-20-15(10-17)12-21-14-6-4-13(2)5-7-14/h4-7,15H,3,8-12H2,1-2H3/t15-/m1/s1. The molecule has 1 fully saturated rings. The fourth-order valence-electron chi connectivity index (χ4n) is 2.24. The molecule has 1 aliphatic rings. The van der Waals surface area contributed by atoms with Gasteiger partial charge < -0.3 is 14.2 Å². The molecule has 1 aromatic carbocycles. The minimum Gasteiger partial charge on any atom is -0.491 e. The van der Waals surface area contributed by atoms with Gasteiger partial charge in [-0.1, -0.05) is 17.7 Å². The first-order valence-electron chi connectivity index (χ1n) is 7.36. The van der Waals surface area contributed by atoms with Crippen molar-refractivity contribution in [2.45, 2.75) is 20.0 Å². The van der Waals surface area contributed by atoms with Gasteiger partial charge in [0.25, 0.3) is 0 Å². The molecule has 21 heavy (non-hydrogen) atoms. The van der Waals surface area contributed by atoms with E-state index in [2.05, 4.69) is 0 Å². The molecule has 0 spiro atoms. The lowest BCUT2D eigenvalue weighted by Gasteiger charge is -2.32. The van der Waals surface area contributed by atoms with E-state index in [1.807, 2.05) is 43.0 Å². The van der Waals surface area contributed by atoms with Crippen LogP contribution in [-0.2, 0) is 14.3 Å². The van der Waals surface area contributed by atoms with Crippen LogP contribution in [0.3, 0.4) is 0 Å². The van der Waals surface area contributed by atoms with Crippen molar-refractivity contribution in [2.75, 3.05) is 39.5 Å². The van der Waals surface area contributed by atoms with E-state index in [9.17, 15) is 4.79 Å². The predicted octanol–water partition coefficient (Wildman–Crippen LogP) is 1.64. The van der Waals surface area contributed by atoms with Crippen LogP contribution in [-0.4, -0.2) is 56.4 Å². The van der Waals surface area contributed by atoms with Gasteiger partial charge in [0, 0.05) is 13.1 Å². The van der Waals surface area contributed by atoms with Crippen LogP contribution in [0.4, 0.5) is 0 Å². The van der Waals surface area contributed by atoms with E-state index < -0.39 is 0 Å². The molecule has 0 amide bonds. The number of rotatable bonds is 6. The van der Waals surface area contributed by atoms with Gasteiger partial charge in [0.15, 0.2) is 0 Å². The number of benzene rings is 1. The van der Waals surface area contributed by atoms with E-state index in [-0.39, 0.29) is 12.1 Å². The van der Waals surface area contributed by atoms with Gasteiger partial charge in [-0.15, -0.1) is 0 Å². The topological polar surface area (TPSA) is 48.0 Å². The summed E-state index contributed by atoms with van der Waals surface area (Å²) >= 11 is 0. The summed E-state index contributed by atoms with van der Waals surface area (Å²) in [4.78, 5) is 13.5. The Morgan fingerprint density at radius 2 is 2.14 bits per heavy atom. The Morgan fingerprint density at radius 1 is 1.38 bits per heavy atom. The number of aryl methyl sites for hydroxylation is 1. The molecule has 0 aromatic heterocycles. The fraction of sp³-hybridized carbons (Fsp3) is 0.562. The molecule has 0 aliphatic carbocycles. The third-order valence-corrected chi connectivity index (χ3v) is 3.34. The maximum absolute atomic E-state index is 11.5. The minimum atomic E-state index is -0.183. The highest BCUT2D eigenvalue weighted by atomic mass is 16.5. The van der Waals surface area contributed by atoms with Crippen molar-refractivity contribution in [2.24, 2.45) is 0 Å². The Hall–Kier alpha value is -1.59. The second-order valence-electron chi connectivity index (χ2n) is 5.16. The lowest BCUT2D eigenvalue weighted by atomic mass is 10.2. The summed E-state index contributed by atoms with van der Waals surface area (Å²) in [5, 5.41) is 0. The van der Waals surface area contributed by atoms with Crippen molar-refractivity contribution >= 4 is 5.97 Å². The van der Waals surface area contributed by atoms with E-state index in [0.29, 0.717) is 32.9 Å². The highest BCUT2D eigenvalue weighted by Gasteiger charge is 2.23. The molecule has 0 N–H and O–H groups in total. The molecule has 5 heteroatoms. The van der Waals surface area contributed by atoms with Crippen LogP contribution >= 0.6 is 0 Å². The Balaban J connectivity index is 1.76. The second-order valence-corrected chi connectivity index (χ2v) is 5.16. The molecule has 1 heterocycles. The molecule has 0 bridgehead atoms. The van der Waals surface area contributed by atoms with Gasteiger partial charge in [0.2, 0.25) is 0 Å². The SMILES string of the molecule is CCOC(=O)CN1CCO[C@@H](COc2ccc(C)cc2)C1. The lowest BCUT2D eigenvalue weighted by Crippen LogP contribution is -2.47. The van der Waals surface area contributed by atoms with E-state index >= 15 is 0 Å². The number of hydrogen-bond acceptors (Lipinski definition) is 5. The van der Waals surface area contributed by atoms with Crippen LogP contribution in [0.1, 0.15) is 12.5 Å². The van der Waals surface area contributed by atoms with Crippen LogP contribution < -0.4 is 4.74 Å². The number of esters is 1. The summed E-state index contributed by atoms with van der Waals surface area (Å²) in [7, 11) is 0. The van der Waals surface area contributed by atoms with Gasteiger partial charge in [0.1, 0.15) is 18.5 Å². The maximum Gasteiger partial charge on any atom is 0.320 e. The zero-order chi connectivity index (χ0) is 15.1. The highest BCUT2D eigenvalue weighted by Crippen LogP contribution is 2.13. The van der Waals surface area contributed by atoms with Crippen molar-refractivity contribution in [1.82, 2.24) is 4.90 Å². The normalized spacial score (nSPS) is 19.2. The maximum atomic E-state index is 11.5. The summed E-state index contributed by atoms with van der Waals surface area (Å²) in [6.07, 6.45) is -0.0190. The Labute approximate surface area is 125 Å². The molecule has 5 nitrogen and oxygen atoms in total. The molecule has 0 saturated carbocycles. The van der Waals surface area contributed by atoms with Gasteiger partial charge in [-0.05, 0) is 26.0 Å². The predicted molar refractivity (Wildman–Crippen MR) is 79.5 cm³/mol. The molecule has 0 unspecified atom stereocenters. The van der Waals surface area contributed by atoms with Crippen LogP contribution in [0.2, 0.25) is 0 Å². The van der Waals surface area contributed by atoms with Gasteiger partial charge >= 0.3 is 5.97 Å². The summed E-state index contributed by atoms with van der Waals surface area (Å²) < 4.78 is 16.4. The monoisotopic (exact) mass is 293 g/mol. The number of ether oxygens (including phenoxy) is 3. The number of carbonyl (C=O) groups excluding carboxylic acids is 1. The third-order valence-electron chi connectivity index (χ3n) is 3.34. The van der Waals surface area contributed by atoms with Gasteiger partial charge in [0.05, 0.1) is 19.8 Å². The zero-order valence-corrected chi connectivity index (χ0v) is 12.7. The molecule has 116 valence electrons. The molecular formula is C16H23NO4. The summed E-state index contributed by atoms with van der Waals surface area (Å²) in [5.41, 5.74) is 1.21. The number of carbonyl (C=O) groups is 1. The average Bonchev–Trinajstić information content (AvgIpc) is 2.47. The first-order chi connectivity index (χ1) is 10.2. The first-order valence-corrected chi connectivity index (χ1v) is 7.36. The zero-order valence-electron chi connectivity index (χ0n) is 12.7. The largest absolute Gasteiger partial charge is 0.491 e. The van der Waals surface area contributed by atoms with Crippen molar-refractivity contribution in [3.63, 3.8) is 0 Å². The van der Waals surface area contributed by atoms with Gasteiger partial charge in [-0.2, -0.15) is 0 Å². The van der Waals surface area contributed by atoms with Crippen molar-refractivity contribution in [3.8, 4) is 5.75 Å². The summed E-state index contributed by atoms with van der Waals surface area (Å²) in [5.74, 6) is 0.657. The Bertz CT molecular complexity index is 446. The van der Waals surface area contributed by atoms with E-state index in [1.54, 1.807) is 0 Å². The average molecular weight is 293 g/mol. The number of morpholine rings is 1. The molecule has 1 saturated heterocycles. The number of nitrogens with zero attached hydrogens (tertiary/aromatic N) is 1. The fourth-order valence-corrected chi connectivity index (χ4v) is 2.24. The minimum absolute atomic E-state index is 0.0190. The van der Waals surface area contributed by atoms with Crippen molar-refractivity contribution < 1.29 is 19.0 Å². The molecule has 1 atom stereocenters. The summed E-state index contributed by atoms with van der Waals surface area (Å²) in [6.45, 7) is 7.13.